The number of hydrogen-bond donors (Lipinski definition) is 0. The quantitative estimate of drug-likeness (QED) is 0.269. The topological polar surface area (TPSA) is 17.1 Å². The molecule has 3 heteroatoms. The molecule has 48 heavy (non-hydrogen) atoms. The average Bonchev–Trinajstić information content (AvgIpc) is 3.49. The maximum Gasteiger partial charge on any atom is 0.174 e. The highest BCUT2D eigenvalue weighted by Crippen LogP contribution is 2.71. The molecule has 0 N–H and O–H groups in total. The second-order valence-corrected chi connectivity index (χ2v) is 20.6. The van der Waals surface area contributed by atoms with Crippen LogP contribution in [0.1, 0.15) is 165 Å². The van der Waals surface area contributed by atoms with Crippen LogP contribution in [0.3, 0.4) is 0 Å². The molecule has 1 nitrogen and oxygen atoms in total. The summed E-state index contributed by atoms with van der Waals surface area (Å²) in [6, 6.07) is 0. The number of carbonyl (C=O) groups excluding carboxylic acids is 1. The van der Waals surface area contributed by atoms with Crippen LogP contribution in [0, 0.1) is 74.9 Å². The van der Waals surface area contributed by atoms with Crippen LogP contribution in [0.2, 0.25) is 0 Å². The first-order valence-electron chi connectivity index (χ1n) is 20.7. The van der Waals surface area contributed by atoms with Crippen molar-refractivity contribution in [2.75, 3.05) is 0 Å². The molecule has 0 bridgehead atoms. The summed E-state index contributed by atoms with van der Waals surface area (Å²) in [5.74, 6) is 6.35. The Bertz CT molecular complexity index is 1330. The van der Waals surface area contributed by atoms with E-state index >= 15 is 8.78 Å². The van der Waals surface area contributed by atoms with Gasteiger partial charge in [-0.15, -0.1) is 0 Å². The number of rotatable bonds is 2. The highest BCUT2D eigenvalue weighted by Gasteiger charge is 2.67. The molecule has 0 aromatic rings. The first-order chi connectivity index (χ1) is 22.4. The second-order valence-electron chi connectivity index (χ2n) is 20.6. The molecule has 270 valence electrons. The molecule has 0 aliphatic heterocycles. The van der Waals surface area contributed by atoms with Gasteiger partial charge in [0.05, 0.1) is 0 Å². The molecule has 8 aliphatic carbocycles. The lowest BCUT2D eigenvalue weighted by atomic mass is 9.44. The van der Waals surface area contributed by atoms with Gasteiger partial charge in [-0.25, -0.2) is 8.78 Å². The molecule has 7 saturated carbocycles. The van der Waals surface area contributed by atoms with E-state index in [0.717, 1.165) is 80.1 Å². The average molecular weight is 665 g/mol. The first kappa shape index (κ1) is 35.4. The molecular weight excluding hydrogens is 594 g/mol. The Morgan fingerprint density at radius 3 is 1.94 bits per heavy atom. The molecule has 0 spiro atoms. The molecule has 8 aliphatic rings. The Morgan fingerprint density at radius 1 is 0.688 bits per heavy atom. The predicted molar refractivity (Wildman–Crippen MR) is 195 cm³/mol. The van der Waals surface area contributed by atoms with Crippen LogP contribution < -0.4 is 0 Å². The number of Topliss-reactive ketones (excluding diaryl/α,β-unsaturated/α-hetero) is 1. The van der Waals surface area contributed by atoms with E-state index in [4.69, 9.17) is 0 Å². The lowest BCUT2D eigenvalue weighted by molar-refractivity contribution is -0.143. The number of ketones is 1. The molecule has 15 unspecified atom stereocenters. The van der Waals surface area contributed by atoms with Crippen molar-refractivity contribution < 1.29 is 13.6 Å². The van der Waals surface area contributed by atoms with Crippen LogP contribution in [0.4, 0.5) is 8.78 Å². The van der Waals surface area contributed by atoms with Crippen LogP contribution >= 0.6 is 0 Å². The van der Waals surface area contributed by atoms with Crippen LogP contribution in [0.5, 0.6) is 0 Å². The van der Waals surface area contributed by atoms with Gasteiger partial charge in [-0.05, 0) is 186 Å². The van der Waals surface area contributed by atoms with Gasteiger partial charge in [0.15, 0.2) is 11.5 Å². The molecule has 7 fully saturated rings. The van der Waals surface area contributed by atoms with Crippen LogP contribution in [0.25, 0.3) is 0 Å². The van der Waals surface area contributed by atoms with Gasteiger partial charge in [0.1, 0.15) is 5.67 Å². The molecule has 8 rings (SSSR count). The second kappa shape index (κ2) is 11.8. The fraction of sp³-hybridized carbons (Fsp3) is 0.889. The molecule has 0 aromatic heterocycles. The predicted octanol–water partition coefficient (Wildman–Crippen LogP) is 12.8. The van der Waals surface area contributed by atoms with E-state index in [1.165, 1.54) is 64.7 Å². The van der Waals surface area contributed by atoms with Crippen molar-refractivity contribution in [3.8, 4) is 0 Å². The molecule has 0 saturated heterocycles. The van der Waals surface area contributed by atoms with Crippen LogP contribution in [0.15, 0.2) is 23.8 Å². The highest BCUT2D eigenvalue weighted by molar-refractivity contribution is 5.86. The van der Waals surface area contributed by atoms with E-state index in [2.05, 4.69) is 54.2 Å². The third kappa shape index (κ3) is 4.78. The van der Waals surface area contributed by atoms with Gasteiger partial charge >= 0.3 is 0 Å². The molecule has 15 atom stereocenters. The molecule has 0 radical (unpaired) electrons. The fourth-order valence-electron chi connectivity index (χ4n) is 15.6. The van der Waals surface area contributed by atoms with Gasteiger partial charge in [0.2, 0.25) is 0 Å². The summed E-state index contributed by atoms with van der Waals surface area (Å²) in [5, 5.41) is 0. The fourth-order valence-corrected chi connectivity index (χ4v) is 15.6. The minimum Gasteiger partial charge on any atom is -0.296 e. The first-order valence-corrected chi connectivity index (χ1v) is 20.7. The zero-order chi connectivity index (χ0) is 34.7. The van der Waals surface area contributed by atoms with Gasteiger partial charge in [-0.3, -0.25) is 4.79 Å². The number of halogens is 2. The summed E-state index contributed by atoms with van der Waals surface area (Å²) in [6.45, 7) is 21.8. The summed E-state index contributed by atoms with van der Waals surface area (Å²) >= 11 is 0. The van der Waals surface area contributed by atoms with Crippen molar-refractivity contribution in [1.29, 1.82) is 0 Å². The SMILES string of the molecule is C=C(C)C1(F)CCC2C3CCC4CC(C)CCC4(C)C3CCC21C.CC(=O)C1(F)CCC2C3CC=C4CC(C)CCC4(C)C3CCC21C. The third-order valence-corrected chi connectivity index (χ3v) is 18.7. The molecule has 0 heterocycles. The lowest BCUT2D eigenvalue weighted by Gasteiger charge is -2.61. The maximum atomic E-state index is 15.9. The molecule has 0 amide bonds. The zero-order valence-corrected chi connectivity index (χ0v) is 32.2. The van der Waals surface area contributed by atoms with E-state index in [9.17, 15) is 4.79 Å². The maximum absolute atomic E-state index is 15.9. The Labute approximate surface area is 293 Å². The van der Waals surface area contributed by atoms with Crippen molar-refractivity contribution in [1.82, 2.24) is 0 Å². The standard InChI is InChI=1S/C23H37F.C22H33FO/c1-15(2)23(24)13-10-20-18-7-6-17-14-16(3)8-11-21(17,4)19(18)9-12-22(20,23)5;1-14-7-10-20(3)16(13-14)5-6-17-18(20)8-11-21(4)19(17)9-12-22(21,23)15(2)24/h16-20H,1,6-14H2,2-5H3;5,14,17-19H,6-13H2,1-4H3. The van der Waals surface area contributed by atoms with Gasteiger partial charge in [-0.2, -0.15) is 0 Å². The van der Waals surface area contributed by atoms with Gasteiger partial charge in [0, 0.05) is 10.8 Å². The minimum absolute atomic E-state index is 0.148. The minimum atomic E-state index is -1.57. The van der Waals surface area contributed by atoms with Gasteiger partial charge in [0.25, 0.3) is 0 Å². The number of carbonyl (C=O) groups is 1. The van der Waals surface area contributed by atoms with E-state index < -0.39 is 16.8 Å². The van der Waals surface area contributed by atoms with Crippen molar-refractivity contribution in [2.45, 2.75) is 176 Å². The van der Waals surface area contributed by atoms with Crippen molar-refractivity contribution >= 4 is 5.78 Å². The summed E-state index contributed by atoms with van der Waals surface area (Å²) in [5.41, 5.74) is 0.112. The van der Waals surface area contributed by atoms with Crippen molar-refractivity contribution in [2.24, 2.45) is 74.9 Å². The van der Waals surface area contributed by atoms with Crippen molar-refractivity contribution in [3.05, 3.63) is 23.8 Å². The van der Waals surface area contributed by atoms with Crippen molar-refractivity contribution in [3.63, 3.8) is 0 Å². The largest absolute Gasteiger partial charge is 0.296 e. The van der Waals surface area contributed by atoms with E-state index in [0.29, 0.717) is 40.9 Å². The monoisotopic (exact) mass is 665 g/mol. The van der Waals surface area contributed by atoms with Gasteiger partial charge in [-0.1, -0.05) is 66.2 Å². The van der Waals surface area contributed by atoms with Crippen LogP contribution in [-0.4, -0.2) is 17.1 Å². The Hall–Kier alpha value is -0.990. The van der Waals surface area contributed by atoms with E-state index in [1.54, 1.807) is 5.57 Å². The normalized spacial score (nSPS) is 55.3. The smallest absolute Gasteiger partial charge is 0.174 e. The number of alkyl halides is 2. The summed E-state index contributed by atoms with van der Waals surface area (Å²) in [7, 11) is 0. The molecular formula is C45H70F2O. The summed E-state index contributed by atoms with van der Waals surface area (Å²) in [4.78, 5) is 12.1. The Morgan fingerprint density at radius 2 is 1.27 bits per heavy atom. The van der Waals surface area contributed by atoms with E-state index in [1.807, 2.05) is 6.92 Å². The summed E-state index contributed by atoms with van der Waals surface area (Å²) < 4.78 is 31.5. The zero-order valence-electron chi connectivity index (χ0n) is 32.2. The molecule has 0 aromatic carbocycles. The Balaban J connectivity index is 0.000000152. The Kier molecular flexibility index (Phi) is 8.68. The lowest BCUT2D eigenvalue weighted by Crippen LogP contribution is -2.55. The third-order valence-electron chi connectivity index (χ3n) is 18.7. The number of hydrogen-bond acceptors (Lipinski definition) is 1. The summed E-state index contributed by atoms with van der Waals surface area (Å²) in [6.07, 6.45) is 22.1. The number of fused-ring (bicyclic) bond motifs is 10. The van der Waals surface area contributed by atoms with Crippen LogP contribution in [-0.2, 0) is 4.79 Å². The number of allylic oxidation sites excluding steroid dienone is 3. The highest BCUT2D eigenvalue weighted by atomic mass is 19.1. The van der Waals surface area contributed by atoms with Gasteiger partial charge < -0.3 is 0 Å². The van der Waals surface area contributed by atoms with E-state index in [-0.39, 0.29) is 11.2 Å².